The monoisotopic (exact) mass is 457 g/mol. The third kappa shape index (κ3) is 5.09. The molecule has 1 fully saturated rings. The molecular formula is C27H27N3O4. The Kier molecular flexibility index (Phi) is 6.63. The van der Waals surface area contributed by atoms with Crippen LogP contribution in [0, 0.1) is 13.8 Å². The molecule has 1 aliphatic rings. The van der Waals surface area contributed by atoms with Gasteiger partial charge in [0.25, 0.3) is 5.91 Å². The molecule has 7 nitrogen and oxygen atoms in total. The van der Waals surface area contributed by atoms with E-state index in [1.54, 1.807) is 12.1 Å². The van der Waals surface area contributed by atoms with Crippen molar-refractivity contribution in [1.29, 1.82) is 0 Å². The molecule has 1 saturated heterocycles. The summed E-state index contributed by atoms with van der Waals surface area (Å²) in [7, 11) is 0. The van der Waals surface area contributed by atoms with Crippen LogP contribution < -0.4 is 10.6 Å². The van der Waals surface area contributed by atoms with Gasteiger partial charge in [-0.15, -0.1) is 0 Å². The van der Waals surface area contributed by atoms with Crippen molar-refractivity contribution in [3.05, 3.63) is 83.4 Å². The Hall–Kier alpha value is -4.13. The lowest BCUT2D eigenvalue weighted by Gasteiger charge is -2.21. The van der Waals surface area contributed by atoms with Crippen LogP contribution in [0.15, 0.2) is 66.7 Å². The highest BCUT2D eigenvalue weighted by Crippen LogP contribution is 2.25. The number of carbonyl (C=O) groups is 3. The average Bonchev–Trinajstić information content (AvgIpc) is 3.32. The topological polar surface area (TPSA) is 98.7 Å². The van der Waals surface area contributed by atoms with Crippen molar-refractivity contribution in [2.24, 2.45) is 0 Å². The van der Waals surface area contributed by atoms with E-state index >= 15 is 0 Å². The molecule has 34 heavy (non-hydrogen) atoms. The summed E-state index contributed by atoms with van der Waals surface area (Å²) in [5, 5.41) is 15.0. The number of urea groups is 1. The fraction of sp³-hybridized carbons (Fsp3) is 0.222. The molecule has 0 aliphatic carbocycles. The molecule has 1 atom stereocenters. The number of carboxylic acid groups (broad SMARTS) is 1. The lowest BCUT2D eigenvalue weighted by atomic mass is 10.0. The van der Waals surface area contributed by atoms with Gasteiger partial charge in [0.15, 0.2) is 0 Å². The van der Waals surface area contributed by atoms with Crippen LogP contribution in [-0.2, 0) is 4.79 Å². The van der Waals surface area contributed by atoms with Crippen molar-refractivity contribution in [2.45, 2.75) is 32.7 Å². The minimum Gasteiger partial charge on any atom is -0.480 e. The number of rotatable bonds is 5. The maximum Gasteiger partial charge on any atom is 0.326 e. The number of hydrogen-bond donors (Lipinski definition) is 3. The number of carboxylic acids is 1. The van der Waals surface area contributed by atoms with Gasteiger partial charge in [0.2, 0.25) is 0 Å². The highest BCUT2D eigenvalue weighted by atomic mass is 16.4. The average molecular weight is 458 g/mol. The Morgan fingerprint density at radius 3 is 2.03 bits per heavy atom. The number of aliphatic carboxylic acids is 1. The van der Waals surface area contributed by atoms with Crippen LogP contribution in [0.4, 0.5) is 16.2 Å². The quantitative estimate of drug-likeness (QED) is 0.484. The maximum atomic E-state index is 12.7. The van der Waals surface area contributed by atoms with Gasteiger partial charge in [0, 0.05) is 23.5 Å². The van der Waals surface area contributed by atoms with Crippen molar-refractivity contribution in [3.63, 3.8) is 0 Å². The van der Waals surface area contributed by atoms with Gasteiger partial charge in [0.1, 0.15) is 6.04 Å². The summed E-state index contributed by atoms with van der Waals surface area (Å²) in [5.74, 6) is -1.22. The molecule has 1 heterocycles. The van der Waals surface area contributed by atoms with Crippen molar-refractivity contribution in [3.8, 4) is 11.1 Å². The Labute approximate surface area is 198 Å². The van der Waals surface area contributed by atoms with E-state index < -0.39 is 12.0 Å². The van der Waals surface area contributed by atoms with Crippen molar-refractivity contribution in [1.82, 2.24) is 4.90 Å². The number of nitrogens with zero attached hydrogens (tertiary/aromatic N) is 1. The smallest absolute Gasteiger partial charge is 0.326 e. The van der Waals surface area contributed by atoms with Crippen molar-refractivity contribution < 1.29 is 19.5 Å². The van der Waals surface area contributed by atoms with Gasteiger partial charge in [0.05, 0.1) is 0 Å². The maximum absolute atomic E-state index is 12.7. The predicted octanol–water partition coefficient (Wildman–Crippen LogP) is 5.30. The zero-order chi connectivity index (χ0) is 24.2. The van der Waals surface area contributed by atoms with E-state index in [2.05, 4.69) is 10.6 Å². The van der Waals surface area contributed by atoms with Crippen LogP contribution >= 0.6 is 0 Å². The van der Waals surface area contributed by atoms with Crippen LogP contribution in [0.2, 0.25) is 0 Å². The van der Waals surface area contributed by atoms with E-state index in [0.29, 0.717) is 30.6 Å². The van der Waals surface area contributed by atoms with Crippen LogP contribution in [0.25, 0.3) is 11.1 Å². The molecule has 3 aromatic carbocycles. The Bertz CT molecular complexity index is 1220. The number of aryl methyl sites for hydroxylation is 2. The Balaban J connectivity index is 1.38. The van der Waals surface area contributed by atoms with Crippen LogP contribution in [-0.4, -0.2) is 40.5 Å². The van der Waals surface area contributed by atoms with Gasteiger partial charge in [-0.05, 0) is 85.3 Å². The highest BCUT2D eigenvalue weighted by Gasteiger charge is 2.34. The molecule has 0 saturated carbocycles. The number of benzene rings is 3. The van der Waals surface area contributed by atoms with E-state index in [0.717, 1.165) is 22.4 Å². The standard InChI is InChI=1S/C27H27N3O4/c1-17-5-12-23(16-18(17)2)29-27(34)28-22-13-10-20(11-14-22)19-6-8-21(9-7-19)25(31)30-15-3-4-24(30)26(32)33/h5-14,16,24H,3-4,15H2,1-2H3,(H,32,33)(H2,28,29,34)/t24-/m1/s1. The summed E-state index contributed by atoms with van der Waals surface area (Å²) in [5.41, 5.74) is 5.98. The van der Waals surface area contributed by atoms with Crippen LogP contribution in [0.5, 0.6) is 0 Å². The largest absolute Gasteiger partial charge is 0.480 e. The van der Waals surface area contributed by atoms with Gasteiger partial charge >= 0.3 is 12.0 Å². The normalized spacial score (nSPS) is 15.1. The van der Waals surface area contributed by atoms with Crippen LogP contribution in [0.1, 0.15) is 34.3 Å². The van der Waals surface area contributed by atoms with Gasteiger partial charge in [-0.1, -0.05) is 30.3 Å². The molecule has 0 spiro atoms. The zero-order valence-corrected chi connectivity index (χ0v) is 19.2. The summed E-state index contributed by atoms with van der Waals surface area (Å²) in [4.78, 5) is 37.9. The summed E-state index contributed by atoms with van der Waals surface area (Å²) in [6, 6.07) is 19.2. The number of nitrogens with one attached hydrogen (secondary N) is 2. The molecule has 4 rings (SSSR count). The van der Waals surface area contributed by atoms with Gasteiger partial charge in [-0.2, -0.15) is 0 Å². The summed E-state index contributed by atoms with van der Waals surface area (Å²) in [6.07, 6.45) is 1.19. The fourth-order valence-electron chi connectivity index (χ4n) is 4.10. The van der Waals surface area contributed by atoms with E-state index in [1.807, 2.05) is 68.4 Å². The second kappa shape index (κ2) is 9.79. The minimum absolute atomic E-state index is 0.259. The summed E-state index contributed by atoms with van der Waals surface area (Å²) < 4.78 is 0. The first-order valence-corrected chi connectivity index (χ1v) is 11.2. The molecule has 0 aromatic heterocycles. The second-order valence-electron chi connectivity index (χ2n) is 8.53. The molecule has 0 radical (unpaired) electrons. The highest BCUT2D eigenvalue weighted by molar-refractivity contribution is 6.00. The Morgan fingerprint density at radius 2 is 1.41 bits per heavy atom. The number of likely N-dealkylation sites (tertiary alicyclic amines) is 1. The van der Waals surface area contributed by atoms with E-state index in [4.69, 9.17) is 0 Å². The Morgan fingerprint density at radius 1 is 0.824 bits per heavy atom. The third-order valence-electron chi connectivity index (χ3n) is 6.17. The molecule has 3 aromatic rings. The fourth-order valence-corrected chi connectivity index (χ4v) is 4.10. The zero-order valence-electron chi connectivity index (χ0n) is 19.2. The molecule has 1 aliphatic heterocycles. The van der Waals surface area contributed by atoms with Crippen LogP contribution in [0.3, 0.4) is 0 Å². The number of anilines is 2. The van der Waals surface area contributed by atoms with Gasteiger partial charge in [-0.3, -0.25) is 4.79 Å². The minimum atomic E-state index is -0.959. The first kappa shape index (κ1) is 23.0. The van der Waals surface area contributed by atoms with E-state index in [-0.39, 0.29) is 11.9 Å². The lowest BCUT2D eigenvalue weighted by Crippen LogP contribution is -2.40. The van der Waals surface area contributed by atoms with E-state index in [1.165, 1.54) is 10.5 Å². The molecular weight excluding hydrogens is 430 g/mol. The van der Waals surface area contributed by atoms with Gasteiger partial charge < -0.3 is 20.6 Å². The molecule has 0 unspecified atom stereocenters. The van der Waals surface area contributed by atoms with E-state index in [9.17, 15) is 19.5 Å². The lowest BCUT2D eigenvalue weighted by molar-refractivity contribution is -0.141. The molecule has 7 heteroatoms. The molecule has 174 valence electrons. The molecule has 3 amide bonds. The van der Waals surface area contributed by atoms with Gasteiger partial charge in [-0.25, -0.2) is 9.59 Å². The van der Waals surface area contributed by atoms with Crippen molar-refractivity contribution >= 4 is 29.3 Å². The number of carbonyl (C=O) groups excluding carboxylic acids is 2. The summed E-state index contributed by atoms with van der Waals surface area (Å²) in [6.45, 7) is 4.48. The molecule has 3 N–H and O–H groups in total. The second-order valence-corrected chi connectivity index (χ2v) is 8.53. The number of amides is 3. The predicted molar refractivity (Wildman–Crippen MR) is 132 cm³/mol. The molecule has 0 bridgehead atoms. The van der Waals surface area contributed by atoms with Crippen molar-refractivity contribution in [2.75, 3.05) is 17.2 Å². The number of hydrogen-bond acceptors (Lipinski definition) is 3. The first-order chi connectivity index (χ1) is 16.3. The first-order valence-electron chi connectivity index (χ1n) is 11.2. The SMILES string of the molecule is Cc1ccc(NC(=O)Nc2ccc(-c3ccc(C(=O)N4CCC[C@@H]4C(=O)O)cc3)cc2)cc1C. The summed E-state index contributed by atoms with van der Waals surface area (Å²) >= 11 is 0. The third-order valence-corrected chi connectivity index (χ3v) is 6.17.